The third kappa shape index (κ3) is 2.74. The number of benzene rings is 1. The first-order chi connectivity index (χ1) is 9.72. The van der Waals surface area contributed by atoms with Crippen LogP contribution in [-0.4, -0.2) is 15.2 Å². The van der Waals surface area contributed by atoms with E-state index >= 15 is 0 Å². The molecule has 0 bridgehead atoms. The molecule has 100 valence electrons. The zero-order chi connectivity index (χ0) is 13.9. The highest BCUT2D eigenvalue weighted by molar-refractivity contribution is 7.13. The van der Waals surface area contributed by atoms with Gasteiger partial charge in [-0.25, -0.2) is 0 Å². The predicted molar refractivity (Wildman–Crippen MR) is 79.4 cm³/mol. The molecule has 1 aromatic carbocycles. The van der Waals surface area contributed by atoms with Gasteiger partial charge in [-0.2, -0.15) is 4.98 Å². The van der Waals surface area contributed by atoms with Gasteiger partial charge in [-0.15, -0.1) is 11.3 Å². The summed E-state index contributed by atoms with van der Waals surface area (Å²) in [7, 11) is 0. The van der Waals surface area contributed by atoms with Crippen LogP contribution in [0, 0.1) is 0 Å². The minimum absolute atomic E-state index is 0.174. The van der Waals surface area contributed by atoms with Crippen molar-refractivity contribution in [2.24, 2.45) is 0 Å². The van der Waals surface area contributed by atoms with Crippen molar-refractivity contribution >= 4 is 34.0 Å². The maximum Gasteiger partial charge on any atom is 0.269 e. The Morgan fingerprint density at radius 2 is 2.20 bits per heavy atom. The molecule has 0 spiro atoms. The highest BCUT2D eigenvalue weighted by atomic mass is 35.5. The van der Waals surface area contributed by atoms with Gasteiger partial charge in [0.15, 0.2) is 0 Å². The van der Waals surface area contributed by atoms with Gasteiger partial charge in [-0.3, -0.25) is 0 Å². The lowest BCUT2D eigenvalue weighted by atomic mass is 10.2. The normalized spacial score (nSPS) is 11.8. The van der Waals surface area contributed by atoms with E-state index < -0.39 is 0 Å². The Kier molecular flexibility index (Phi) is 3.54. The smallest absolute Gasteiger partial charge is 0.269 e. The summed E-state index contributed by atoms with van der Waals surface area (Å²) in [6, 6.07) is 10.6. The van der Waals surface area contributed by atoms with Gasteiger partial charge < -0.3 is 9.63 Å². The average Bonchev–Trinajstić information content (AvgIpc) is 3.10. The second kappa shape index (κ2) is 5.48. The SMILES string of the molecule is Oc1cccc(/C=C(\Cl)c2nc(-c3cccs3)no2)c1. The van der Waals surface area contributed by atoms with E-state index in [4.69, 9.17) is 16.1 Å². The summed E-state index contributed by atoms with van der Waals surface area (Å²) in [4.78, 5) is 5.16. The molecule has 0 saturated heterocycles. The highest BCUT2D eigenvalue weighted by Gasteiger charge is 2.12. The Morgan fingerprint density at radius 3 is 2.95 bits per heavy atom. The van der Waals surface area contributed by atoms with Crippen molar-refractivity contribution < 1.29 is 9.63 Å². The average molecular weight is 305 g/mol. The largest absolute Gasteiger partial charge is 0.508 e. The van der Waals surface area contributed by atoms with Crippen LogP contribution in [0.2, 0.25) is 0 Å². The predicted octanol–water partition coefficient (Wildman–Crippen LogP) is 4.24. The van der Waals surface area contributed by atoms with Crippen LogP contribution in [-0.2, 0) is 0 Å². The molecule has 0 fully saturated rings. The molecular weight excluding hydrogens is 296 g/mol. The number of aromatic hydroxyl groups is 1. The molecule has 0 radical (unpaired) electrons. The molecule has 2 heterocycles. The number of rotatable bonds is 3. The Labute approximate surface area is 124 Å². The van der Waals surface area contributed by atoms with E-state index in [9.17, 15) is 5.11 Å². The first kappa shape index (κ1) is 12.9. The van der Waals surface area contributed by atoms with E-state index in [0.717, 1.165) is 10.4 Å². The van der Waals surface area contributed by atoms with E-state index in [1.54, 1.807) is 24.3 Å². The van der Waals surface area contributed by atoms with Gasteiger partial charge in [-0.05, 0) is 35.2 Å². The Hall–Kier alpha value is -2.11. The second-order valence-corrected chi connectivity index (χ2v) is 5.34. The Bertz CT molecular complexity index is 750. The number of phenols is 1. The van der Waals surface area contributed by atoms with E-state index in [0.29, 0.717) is 10.9 Å². The lowest BCUT2D eigenvalue weighted by molar-refractivity contribution is 0.410. The zero-order valence-electron chi connectivity index (χ0n) is 10.2. The van der Waals surface area contributed by atoms with Crippen molar-refractivity contribution in [1.29, 1.82) is 0 Å². The zero-order valence-corrected chi connectivity index (χ0v) is 11.7. The summed E-state index contributed by atoms with van der Waals surface area (Å²) in [5.41, 5.74) is 0.755. The molecule has 0 unspecified atom stereocenters. The molecule has 20 heavy (non-hydrogen) atoms. The van der Waals surface area contributed by atoms with Crippen molar-refractivity contribution in [3.05, 3.63) is 53.2 Å². The molecule has 1 N–H and O–H groups in total. The van der Waals surface area contributed by atoms with Crippen LogP contribution in [0.15, 0.2) is 46.3 Å². The molecule has 0 aliphatic heterocycles. The summed E-state index contributed by atoms with van der Waals surface area (Å²) in [5, 5.41) is 15.6. The minimum Gasteiger partial charge on any atom is -0.508 e. The van der Waals surface area contributed by atoms with Gasteiger partial charge in [0.25, 0.3) is 5.89 Å². The van der Waals surface area contributed by atoms with Gasteiger partial charge in [0.05, 0.1) is 4.88 Å². The fourth-order valence-electron chi connectivity index (χ4n) is 1.65. The lowest BCUT2D eigenvalue weighted by Crippen LogP contribution is -1.79. The Balaban J connectivity index is 1.89. The number of halogens is 1. The molecule has 0 saturated carbocycles. The quantitative estimate of drug-likeness (QED) is 0.786. The number of hydrogen-bond acceptors (Lipinski definition) is 5. The van der Waals surface area contributed by atoms with Crippen LogP contribution in [0.25, 0.3) is 21.8 Å². The van der Waals surface area contributed by atoms with E-state index in [-0.39, 0.29) is 11.6 Å². The van der Waals surface area contributed by atoms with Gasteiger partial charge in [0, 0.05) is 0 Å². The highest BCUT2D eigenvalue weighted by Crippen LogP contribution is 2.26. The Morgan fingerprint density at radius 1 is 1.30 bits per heavy atom. The molecule has 0 aliphatic rings. The second-order valence-electron chi connectivity index (χ2n) is 3.99. The summed E-state index contributed by atoms with van der Waals surface area (Å²) in [6.45, 7) is 0. The fraction of sp³-hybridized carbons (Fsp3) is 0. The van der Waals surface area contributed by atoms with Crippen LogP contribution in [0.4, 0.5) is 0 Å². The van der Waals surface area contributed by atoms with Crippen molar-refractivity contribution in [2.45, 2.75) is 0 Å². The van der Waals surface area contributed by atoms with Crippen LogP contribution in [0.3, 0.4) is 0 Å². The van der Waals surface area contributed by atoms with Gasteiger partial charge in [-0.1, -0.05) is 35.0 Å². The summed E-state index contributed by atoms with van der Waals surface area (Å²) in [5.74, 6) is 0.934. The number of nitrogens with zero attached hydrogens (tertiary/aromatic N) is 2. The van der Waals surface area contributed by atoms with Crippen molar-refractivity contribution in [2.75, 3.05) is 0 Å². The summed E-state index contributed by atoms with van der Waals surface area (Å²) < 4.78 is 5.14. The molecule has 0 amide bonds. The van der Waals surface area contributed by atoms with E-state index in [2.05, 4.69) is 10.1 Å². The molecular formula is C14H9ClN2O2S. The van der Waals surface area contributed by atoms with Crippen molar-refractivity contribution in [3.63, 3.8) is 0 Å². The molecule has 2 aromatic heterocycles. The molecule has 0 atom stereocenters. The maximum atomic E-state index is 9.40. The van der Waals surface area contributed by atoms with Crippen LogP contribution >= 0.6 is 22.9 Å². The van der Waals surface area contributed by atoms with Crippen molar-refractivity contribution in [1.82, 2.24) is 10.1 Å². The first-order valence-corrected chi connectivity index (χ1v) is 7.02. The molecule has 4 nitrogen and oxygen atoms in total. The third-order valence-electron chi connectivity index (χ3n) is 2.54. The number of phenolic OH excluding ortho intramolecular Hbond substituents is 1. The van der Waals surface area contributed by atoms with Crippen molar-refractivity contribution in [3.8, 4) is 16.5 Å². The summed E-state index contributed by atoms with van der Waals surface area (Å²) in [6.07, 6.45) is 1.66. The number of hydrogen-bond donors (Lipinski definition) is 1. The van der Waals surface area contributed by atoms with Crippen LogP contribution in [0.1, 0.15) is 11.5 Å². The van der Waals surface area contributed by atoms with E-state index in [1.165, 1.54) is 11.3 Å². The topological polar surface area (TPSA) is 59.2 Å². The fourth-order valence-corrected chi connectivity index (χ4v) is 2.50. The first-order valence-electron chi connectivity index (χ1n) is 5.76. The maximum absolute atomic E-state index is 9.40. The van der Waals surface area contributed by atoms with E-state index in [1.807, 2.05) is 23.6 Å². The van der Waals surface area contributed by atoms with Crippen LogP contribution < -0.4 is 0 Å². The monoisotopic (exact) mass is 304 g/mol. The molecule has 3 rings (SSSR count). The molecule has 3 aromatic rings. The lowest BCUT2D eigenvalue weighted by Gasteiger charge is -1.95. The van der Waals surface area contributed by atoms with Gasteiger partial charge in [0.1, 0.15) is 10.8 Å². The van der Waals surface area contributed by atoms with Crippen LogP contribution in [0.5, 0.6) is 5.75 Å². The molecule has 6 heteroatoms. The minimum atomic E-state index is 0.174. The summed E-state index contributed by atoms with van der Waals surface area (Å²) >= 11 is 7.68. The number of aromatic nitrogens is 2. The molecule has 0 aliphatic carbocycles. The number of thiophene rings is 1. The third-order valence-corrected chi connectivity index (χ3v) is 3.67. The standard InChI is InChI=1S/C14H9ClN2O2S/c15-11(8-9-3-1-4-10(18)7-9)14-16-13(17-19-14)12-5-2-6-20-12/h1-8,18H/b11-8-. The van der Waals surface area contributed by atoms with Gasteiger partial charge in [0.2, 0.25) is 5.82 Å². The van der Waals surface area contributed by atoms with Gasteiger partial charge >= 0.3 is 0 Å².